The first-order chi connectivity index (χ1) is 7.14. The molecule has 0 N–H and O–H groups in total. The third-order valence-corrected chi connectivity index (χ3v) is 3.91. The van der Waals surface area contributed by atoms with E-state index in [0.29, 0.717) is 24.1 Å². The van der Waals surface area contributed by atoms with E-state index in [2.05, 4.69) is 0 Å². The molecule has 0 atom stereocenters. The summed E-state index contributed by atoms with van der Waals surface area (Å²) in [5, 5.41) is 0. The average molecular weight is 309 g/mol. The van der Waals surface area contributed by atoms with Gasteiger partial charge in [-0.25, -0.2) is 0 Å². The summed E-state index contributed by atoms with van der Waals surface area (Å²) in [4.78, 5) is -4.12. The van der Waals surface area contributed by atoms with Crippen LogP contribution in [0.4, 0.5) is 17.6 Å². The number of hydrogen-bond donors (Lipinski definition) is 0. The lowest BCUT2D eigenvalue weighted by atomic mass is 10.2. The second-order valence-corrected chi connectivity index (χ2v) is 4.96. The molecular formula is C10H19BrF4N+. The predicted octanol–water partition coefficient (Wildman–Crippen LogP) is 3.88. The molecule has 0 saturated heterocycles. The quantitative estimate of drug-likeness (QED) is 0.380. The molecular weight excluding hydrogens is 290 g/mol. The molecule has 0 aromatic heterocycles. The average Bonchev–Trinajstić information content (AvgIpc) is 2.19. The van der Waals surface area contributed by atoms with Crippen LogP contribution in [0, 0.1) is 0 Å². The van der Waals surface area contributed by atoms with Crippen molar-refractivity contribution in [1.29, 1.82) is 0 Å². The minimum absolute atomic E-state index is 0.0672. The molecule has 0 amide bonds. The van der Waals surface area contributed by atoms with Crippen LogP contribution in [0.15, 0.2) is 0 Å². The molecule has 0 aliphatic carbocycles. The minimum Gasteiger partial charge on any atom is -0.324 e. The van der Waals surface area contributed by atoms with E-state index in [-0.39, 0.29) is 6.54 Å². The van der Waals surface area contributed by atoms with Crippen LogP contribution < -0.4 is 0 Å². The first-order valence-corrected chi connectivity index (χ1v) is 6.23. The molecule has 16 heavy (non-hydrogen) atoms. The topological polar surface area (TPSA) is 0 Å². The van der Waals surface area contributed by atoms with Gasteiger partial charge in [0.2, 0.25) is 0 Å². The predicted molar refractivity (Wildman–Crippen MR) is 60.2 cm³/mol. The van der Waals surface area contributed by atoms with Gasteiger partial charge in [-0.15, -0.1) is 0 Å². The maximum Gasteiger partial charge on any atom is 0.363 e. The smallest absolute Gasteiger partial charge is 0.324 e. The third kappa shape index (κ3) is 3.87. The molecule has 0 heterocycles. The molecule has 0 unspecified atom stereocenters. The highest BCUT2D eigenvalue weighted by Crippen LogP contribution is 2.42. The number of halogens is 5. The SMILES string of the molecule is CC[N+](CC)(CC)CCC(F)(F)C(F)(F)Br. The molecule has 1 nitrogen and oxygen atoms in total. The standard InChI is InChI=1S/C10H19BrF4N/c1-4-16(5-2,6-3)8-7-9(12,13)10(11,14)15/h4-8H2,1-3H3/q+1. The Labute approximate surface area is 103 Å². The molecule has 0 saturated carbocycles. The van der Waals surface area contributed by atoms with Crippen molar-refractivity contribution in [2.75, 3.05) is 26.2 Å². The number of hydrogen-bond acceptors (Lipinski definition) is 0. The van der Waals surface area contributed by atoms with E-state index in [9.17, 15) is 17.6 Å². The van der Waals surface area contributed by atoms with Crippen molar-refractivity contribution >= 4 is 15.9 Å². The molecule has 0 fully saturated rings. The Morgan fingerprint density at radius 1 is 0.938 bits per heavy atom. The van der Waals surface area contributed by atoms with Crippen molar-refractivity contribution in [3.63, 3.8) is 0 Å². The molecule has 0 aliphatic heterocycles. The van der Waals surface area contributed by atoms with Crippen LogP contribution in [0.3, 0.4) is 0 Å². The summed E-state index contributed by atoms with van der Waals surface area (Å²) in [5.41, 5.74) is 0. The van der Waals surface area contributed by atoms with Gasteiger partial charge in [0.15, 0.2) is 0 Å². The van der Waals surface area contributed by atoms with Crippen molar-refractivity contribution in [3.8, 4) is 0 Å². The molecule has 6 heteroatoms. The third-order valence-electron chi connectivity index (χ3n) is 3.33. The Hall–Kier alpha value is 0.160. The molecule has 0 spiro atoms. The molecule has 0 radical (unpaired) electrons. The molecule has 0 aromatic carbocycles. The second-order valence-electron chi connectivity index (χ2n) is 3.97. The molecule has 0 aliphatic rings. The van der Waals surface area contributed by atoms with Crippen LogP contribution in [0.25, 0.3) is 0 Å². The summed E-state index contributed by atoms with van der Waals surface area (Å²) >= 11 is 1.74. The van der Waals surface area contributed by atoms with Crippen molar-refractivity contribution in [2.24, 2.45) is 0 Å². The van der Waals surface area contributed by atoms with Crippen molar-refractivity contribution < 1.29 is 22.0 Å². The van der Waals surface area contributed by atoms with E-state index >= 15 is 0 Å². The molecule has 0 bridgehead atoms. The monoisotopic (exact) mass is 308 g/mol. The lowest BCUT2D eigenvalue weighted by molar-refractivity contribution is -0.924. The minimum atomic E-state index is -4.12. The van der Waals surface area contributed by atoms with E-state index < -0.39 is 17.2 Å². The van der Waals surface area contributed by atoms with Crippen molar-refractivity contribution in [1.82, 2.24) is 0 Å². The van der Waals surface area contributed by atoms with Gasteiger partial charge in [-0.05, 0) is 36.7 Å². The Kier molecular flexibility index (Phi) is 5.72. The van der Waals surface area contributed by atoms with E-state index in [1.54, 1.807) is 15.9 Å². The fraction of sp³-hybridized carbons (Fsp3) is 1.00. The largest absolute Gasteiger partial charge is 0.363 e. The Bertz CT molecular complexity index is 201. The van der Waals surface area contributed by atoms with Gasteiger partial charge in [0.1, 0.15) is 0 Å². The molecule has 0 aromatic rings. The van der Waals surface area contributed by atoms with Crippen LogP contribution in [0.1, 0.15) is 27.2 Å². The van der Waals surface area contributed by atoms with Gasteiger partial charge in [-0.3, -0.25) is 0 Å². The lowest BCUT2D eigenvalue weighted by Crippen LogP contribution is -2.51. The summed E-state index contributed by atoms with van der Waals surface area (Å²) in [5.74, 6) is -3.99. The first-order valence-electron chi connectivity index (χ1n) is 5.43. The number of quaternary nitrogens is 1. The Morgan fingerprint density at radius 2 is 1.31 bits per heavy atom. The van der Waals surface area contributed by atoms with Gasteiger partial charge >= 0.3 is 10.8 Å². The van der Waals surface area contributed by atoms with Gasteiger partial charge in [-0.2, -0.15) is 17.6 Å². The van der Waals surface area contributed by atoms with Crippen molar-refractivity contribution in [2.45, 2.75) is 37.9 Å². The highest BCUT2D eigenvalue weighted by atomic mass is 79.9. The van der Waals surface area contributed by atoms with E-state index in [1.165, 1.54) is 0 Å². The van der Waals surface area contributed by atoms with Gasteiger partial charge in [-0.1, -0.05) is 0 Å². The fourth-order valence-corrected chi connectivity index (χ4v) is 1.86. The summed E-state index contributed by atoms with van der Waals surface area (Å²) in [6.45, 7) is 7.76. The second kappa shape index (κ2) is 5.67. The van der Waals surface area contributed by atoms with Crippen LogP contribution in [-0.2, 0) is 0 Å². The summed E-state index contributed by atoms with van der Waals surface area (Å²) in [6, 6.07) is 0. The lowest BCUT2D eigenvalue weighted by Gasteiger charge is -2.37. The number of alkyl halides is 5. The maximum atomic E-state index is 13.1. The Morgan fingerprint density at radius 3 is 1.56 bits per heavy atom. The summed E-state index contributed by atoms with van der Waals surface area (Å²) in [6.07, 6.45) is -0.805. The molecule has 98 valence electrons. The zero-order valence-corrected chi connectivity index (χ0v) is 11.5. The van der Waals surface area contributed by atoms with Gasteiger partial charge in [0.25, 0.3) is 0 Å². The van der Waals surface area contributed by atoms with Gasteiger partial charge < -0.3 is 4.48 Å². The maximum absolute atomic E-state index is 13.1. The normalized spacial score (nSPS) is 14.2. The molecule has 0 rings (SSSR count). The summed E-state index contributed by atoms with van der Waals surface area (Å²) in [7, 11) is 0. The van der Waals surface area contributed by atoms with E-state index in [0.717, 1.165) is 0 Å². The van der Waals surface area contributed by atoms with Gasteiger partial charge in [0, 0.05) is 0 Å². The van der Waals surface area contributed by atoms with Crippen LogP contribution >= 0.6 is 15.9 Å². The van der Waals surface area contributed by atoms with E-state index in [1.807, 2.05) is 20.8 Å². The highest BCUT2D eigenvalue weighted by molar-refractivity contribution is 9.10. The number of rotatable bonds is 7. The first kappa shape index (κ1) is 16.2. The van der Waals surface area contributed by atoms with Crippen LogP contribution in [0.2, 0.25) is 0 Å². The van der Waals surface area contributed by atoms with Crippen LogP contribution in [-0.4, -0.2) is 41.4 Å². The Balaban J connectivity index is 4.54. The zero-order chi connectivity index (χ0) is 13.0. The van der Waals surface area contributed by atoms with Gasteiger partial charge in [0.05, 0.1) is 32.6 Å². The number of nitrogens with zero attached hydrogens (tertiary/aromatic N) is 1. The highest BCUT2D eigenvalue weighted by Gasteiger charge is 2.54. The van der Waals surface area contributed by atoms with Crippen molar-refractivity contribution in [3.05, 3.63) is 0 Å². The fourth-order valence-electron chi connectivity index (χ4n) is 1.66. The van der Waals surface area contributed by atoms with E-state index in [4.69, 9.17) is 0 Å². The zero-order valence-electron chi connectivity index (χ0n) is 9.87. The van der Waals surface area contributed by atoms with Crippen LogP contribution in [0.5, 0.6) is 0 Å². The summed E-state index contributed by atoms with van der Waals surface area (Å²) < 4.78 is 51.7.